The summed E-state index contributed by atoms with van der Waals surface area (Å²) in [4.78, 5) is 23.2. The van der Waals surface area contributed by atoms with Gasteiger partial charge in [-0.05, 0) is 6.07 Å². The predicted molar refractivity (Wildman–Crippen MR) is 94.3 cm³/mol. The van der Waals surface area contributed by atoms with Crippen LogP contribution in [0.25, 0.3) is 0 Å². The molecule has 0 aliphatic heterocycles. The molecule has 0 aliphatic carbocycles. The first-order valence-electron chi connectivity index (χ1n) is 8.20. The number of halogens is 3. The van der Waals surface area contributed by atoms with Crippen LogP contribution in [-0.4, -0.2) is 49.6 Å². The quantitative estimate of drug-likeness (QED) is 0.531. The molecule has 2 aromatic rings. The van der Waals surface area contributed by atoms with Gasteiger partial charge in [-0.15, -0.1) is 13.2 Å². The number of para-hydroxylation sites is 1. The molecular formula is C16H17F3N4O6S. The van der Waals surface area contributed by atoms with Gasteiger partial charge in [-0.25, -0.2) is 8.42 Å². The second-order valence-electron chi connectivity index (χ2n) is 5.77. The van der Waals surface area contributed by atoms with Crippen LogP contribution in [0.1, 0.15) is 5.56 Å². The van der Waals surface area contributed by atoms with E-state index in [1.165, 1.54) is 36.1 Å². The summed E-state index contributed by atoms with van der Waals surface area (Å²) in [5.74, 6) is -2.31. The molecule has 0 saturated heterocycles. The van der Waals surface area contributed by atoms with Gasteiger partial charge >= 0.3 is 12.3 Å². The lowest BCUT2D eigenvalue weighted by atomic mass is 10.2. The molecule has 0 aliphatic rings. The van der Waals surface area contributed by atoms with Crippen LogP contribution in [0.2, 0.25) is 0 Å². The maximum atomic E-state index is 12.4. The molecule has 2 N–H and O–H groups in total. The van der Waals surface area contributed by atoms with Crippen LogP contribution < -0.4 is 14.8 Å². The Morgan fingerprint density at radius 3 is 2.57 bits per heavy atom. The van der Waals surface area contributed by atoms with Gasteiger partial charge in [0.25, 0.3) is 5.91 Å². The van der Waals surface area contributed by atoms with Crippen molar-refractivity contribution >= 4 is 21.9 Å². The van der Waals surface area contributed by atoms with Crippen LogP contribution >= 0.6 is 0 Å². The number of carbonyl (C=O) groups is 2. The van der Waals surface area contributed by atoms with Crippen molar-refractivity contribution in [2.24, 2.45) is 7.05 Å². The number of carbonyl (C=O) groups excluding carboxylic acids is 2. The average molecular weight is 450 g/mol. The number of aryl methyl sites for hydroxylation is 1. The van der Waals surface area contributed by atoms with Gasteiger partial charge in [-0.1, -0.05) is 18.2 Å². The van der Waals surface area contributed by atoms with E-state index in [2.05, 4.69) is 19.9 Å². The Kier molecular flexibility index (Phi) is 7.39. The molecule has 1 aromatic heterocycles. The fraction of sp³-hybridized carbons (Fsp3) is 0.312. The first-order chi connectivity index (χ1) is 14.0. The van der Waals surface area contributed by atoms with E-state index in [0.29, 0.717) is 0 Å². The summed E-state index contributed by atoms with van der Waals surface area (Å²) in [5, 5.41) is 5.97. The van der Waals surface area contributed by atoms with Crippen molar-refractivity contribution in [1.29, 1.82) is 0 Å². The molecule has 164 valence electrons. The van der Waals surface area contributed by atoms with Gasteiger partial charge in [0, 0.05) is 25.4 Å². The van der Waals surface area contributed by atoms with Crippen molar-refractivity contribution in [3.8, 4) is 5.75 Å². The molecule has 1 aromatic carbocycles. The first kappa shape index (κ1) is 23.2. The third kappa shape index (κ3) is 7.36. The van der Waals surface area contributed by atoms with Crippen LogP contribution in [0.5, 0.6) is 5.75 Å². The van der Waals surface area contributed by atoms with Crippen molar-refractivity contribution < 1.29 is 40.7 Å². The van der Waals surface area contributed by atoms with E-state index >= 15 is 0 Å². The number of ether oxygens (including phenoxy) is 2. The molecule has 0 bridgehead atoms. The van der Waals surface area contributed by atoms with E-state index in [0.717, 1.165) is 12.3 Å². The van der Waals surface area contributed by atoms with E-state index < -0.39 is 47.2 Å². The molecule has 10 nitrogen and oxygen atoms in total. The summed E-state index contributed by atoms with van der Waals surface area (Å²) in [7, 11) is -2.47. The minimum absolute atomic E-state index is 0.0544. The average Bonchev–Trinajstić information content (AvgIpc) is 3.10. The molecule has 30 heavy (non-hydrogen) atoms. The van der Waals surface area contributed by atoms with Crippen LogP contribution in [0.3, 0.4) is 0 Å². The van der Waals surface area contributed by atoms with Gasteiger partial charge in [0.05, 0.1) is 6.20 Å². The predicted octanol–water partition coefficient (Wildman–Crippen LogP) is 0.457. The molecule has 1 amide bonds. The summed E-state index contributed by atoms with van der Waals surface area (Å²) < 4.78 is 72.7. The molecule has 0 unspecified atom stereocenters. The SMILES string of the molecule is Cn1cc(S(=O)(=O)NCC(=O)OCC(=O)NCc2ccccc2OC(F)(F)F)cn1. The summed E-state index contributed by atoms with van der Waals surface area (Å²) in [6, 6.07) is 5.20. The number of aromatic nitrogens is 2. The van der Waals surface area contributed by atoms with Crippen LogP contribution in [0, 0.1) is 0 Å². The van der Waals surface area contributed by atoms with Gasteiger partial charge in [-0.3, -0.25) is 14.3 Å². The fourth-order valence-corrected chi connectivity index (χ4v) is 3.04. The maximum absolute atomic E-state index is 12.4. The highest BCUT2D eigenvalue weighted by atomic mass is 32.2. The Morgan fingerprint density at radius 1 is 1.23 bits per heavy atom. The number of nitrogens with one attached hydrogen (secondary N) is 2. The molecule has 0 atom stereocenters. The smallest absolute Gasteiger partial charge is 0.455 e. The highest BCUT2D eigenvalue weighted by Crippen LogP contribution is 2.26. The highest BCUT2D eigenvalue weighted by Gasteiger charge is 2.32. The van der Waals surface area contributed by atoms with Crippen molar-refractivity contribution in [2.75, 3.05) is 13.2 Å². The Morgan fingerprint density at radius 2 is 1.93 bits per heavy atom. The molecule has 0 spiro atoms. The molecule has 14 heteroatoms. The summed E-state index contributed by atoms with van der Waals surface area (Å²) in [5.41, 5.74) is 0.0544. The standard InChI is InChI=1S/C16H17F3N4O6S/c1-23-9-12(7-21-23)30(26,27)22-8-15(25)28-10-14(24)20-6-11-4-2-3-5-13(11)29-16(17,18)19/h2-5,7,9,22H,6,8,10H2,1H3,(H,20,24). The van der Waals surface area contributed by atoms with Crippen LogP contribution in [-0.2, 0) is 37.9 Å². The molecule has 1 heterocycles. The number of alkyl halides is 3. The van der Waals surface area contributed by atoms with Gasteiger partial charge in [0.1, 0.15) is 17.2 Å². The number of benzene rings is 1. The molecule has 0 saturated carbocycles. The normalized spacial score (nSPS) is 11.7. The zero-order valence-corrected chi connectivity index (χ0v) is 16.3. The number of hydrogen-bond donors (Lipinski definition) is 2. The second kappa shape index (κ2) is 9.58. The molecule has 0 fully saturated rings. The van der Waals surface area contributed by atoms with E-state index in [9.17, 15) is 31.2 Å². The third-order valence-corrected chi connectivity index (χ3v) is 4.79. The Hall–Kier alpha value is -3.13. The van der Waals surface area contributed by atoms with Gasteiger partial charge in [0.2, 0.25) is 10.0 Å². The first-order valence-corrected chi connectivity index (χ1v) is 9.69. The lowest BCUT2D eigenvalue weighted by molar-refractivity contribution is -0.274. The Labute approximate surface area is 169 Å². The number of amides is 1. The van der Waals surface area contributed by atoms with Crippen molar-refractivity contribution in [3.05, 3.63) is 42.2 Å². The maximum Gasteiger partial charge on any atom is 0.573 e. The topological polar surface area (TPSA) is 129 Å². The number of hydrogen-bond acceptors (Lipinski definition) is 7. The molecule has 2 rings (SSSR count). The summed E-state index contributed by atoms with van der Waals surface area (Å²) in [6.07, 6.45) is -2.58. The number of nitrogens with zero attached hydrogens (tertiary/aromatic N) is 2. The van der Waals surface area contributed by atoms with Crippen LogP contribution in [0.15, 0.2) is 41.6 Å². The van der Waals surface area contributed by atoms with E-state index in [1.54, 1.807) is 0 Å². The van der Waals surface area contributed by atoms with Crippen LogP contribution in [0.4, 0.5) is 13.2 Å². The number of rotatable bonds is 9. The third-order valence-electron chi connectivity index (χ3n) is 3.44. The fourth-order valence-electron chi connectivity index (χ4n) is 2.09. The highest BCUT2D eigenvalue weighted by molar-refractivity contribution is 7.89. The van der Waals surface area contributed by atoms with E-state index in [4.69, 9.17) is 0 Å². The molecular weight excluding hydrogens is 433 g/mol. The number of sulfonamides is 1. The van der Waals surface area contributed by atoms with Crippen molar-refractivity contribution in [3.63, 3.8) is 0 Å². The minimum atomic E-state index is -4.89. The lowest BCUT2D eigenvalue weighted by Gasteiger charge is -2.13. The monoisotopic (exact) mass is 450 g/mol. The largest absolute Gasteiger partial charge is 0.573 e. The molecule has 0 radical (unpaired) electrons. The Balaban J connectivity index is 1.78. The summed E-state index contributed by atoms with van der Waals surface area (Å²) >= 11 is 0. The van der Waals surface area contributed by atoms with Gasteiger partial charge in [-0.2, -0.15) is 9.82 Å². The lowest BCUT2D eigenvalue weighted by Crippen LogP contribution is -2.33. The van der Waals surface area contributed by atoms with Crippen molar-refractivity contribution in [1.82, 2.24) is 19.8 Å². The van der Waals surface area contributed by atoms with E-state index in [-0.39, 0.29) is 17.0 Å². The Bertz CT molecular complexity index is 1010. The number of esters is 1. The second-order valence-corrected chi connectivity index (χ2v) is 7.53. The van der Waals surface area contributed by atoms with Crippen molar-refractivity contribution in [2.45, 2.75) is 17.8 Å². The zero-order chi connectivity index (χ0) is 22.4. The van der Waals surface area contributed by atoms with E-state index in [1.807, 2.05) is 4.72 Å². The van der Waals surface area contributed by atoms with Gasteiger partial charge < -0.3 is 14.8 Å². The minimum Gasteiger partial charge on any atom is -0.455 e. The zero-order valence-electron chi connectivity index (χ0n) is 15.5. The van der Waals surface area contributed by atoms with Gasteiger partial charge in [0.15, 0.2) is 6.61 Å². The summed E-state index contributed by atoms with van der Waals surface area (Å²) in [6.45, 7) is -1.79.